The highest BCUT2D eigenvalue weighted by molar-refractivity contribution is 5.41. The zero-order valence-corrected chi connectivity index (χ0v) is 10.2. The molecule has 1 aliphatic heterocycles. The molecule has 1 fully saturated rings. The number of nitrogen functional groups attached to an aromatic ring is 1. The van der Waals surface area contributed by atoms with E-state index in [1.165, 1.54) is 19.5 Å². The molecule has 0 aromatic carbocycles. The van der Waals surface area contributed by atoms with E-state index in [1.807, 2.05) is 18.3 Å². The van der Waals surface area contributed by atoms with E-state index in [1.54, 1.807) is 0 Å². The van der Waals surface area contributed by atoms with Crippen LogP contribution < -0.4 is 5.73 Å². The number of likely N-dealkylation sites (tertiary alicyclic amines) is 1. The van der Waals surface area contributed by atoms with Crippen molar-refractivity contribution >= 4 is 5.69 Å². The Hall–Kier alpha value is -1.09. The predicted molar refractivity (Wildman–Crippen MR) is 66.9 cm³/mol. The Morgan fingerprint density at radius 1 is 1.56 bits per heavy atom. The summed E-state index contributed by atoms with van der Waals surface area (Å²) in [6.45, 7) is 7.88. The van der Waals surface area contributed by atoms with E-state index in [9.17, 15) is 0 Å². The average Bonchev–Trinajstić information content (AvgIpc) is 2.70. The summed E-state index contributed by atoms with van der Waals surface area (Å²) in [6.07, 6.45) is 3.13. The van der Waals surface area contributed by atoms with E-state index in [0.29, 0.717) is 0 Å². The highest BCUT2D eigenvalue weighted by Gasteiger charge is 2.25. The minimum absolute atomic E-state index is 0.783. The van der Waals surface area contributed by atoms with Gasteiger partial charge < -0.3 is 5.73 Å². The summed E-state index contributed by atoms with van der Waals surface area (Å²) in [6, 6.07) is 3.82. The molecule has 3 heteroatoms. The quantitative estimate of drug-likeness (QED) is 0.847. The highest BCUT2D eigenvalue weighted by Crippen LogP contribution is 2.25. The second kappa shape index (κ2) is 4.83. The largest absolute Gasteiger partial charge is 0.397 e. The molecule has 1 saturated heterocycles. The number of hydrogen-bond acceptors (Lipinski definition) is 3. The lowest BCUT2D eigenvalue weighted by atomic mass is 9.95. The summed E-state index contributed by atoms with van der Waals surface area (Å²) in [5, 5.41) is 0. The van der Waals surface area contributed by atoms with Gasteiger partial charge in [0.05, 0.1) is 11.4 Å². The smallest absolute Gasteiger partial charge is 0.0772 e. The van der Waals surface area contributed by atoms with Gasteiger partial charge in [0.15, 0.2) is 0 Å². The Morgan fingerprint density at radius 2 is 2.38 bits per heavy atom. The van der Waals surface area contributed by atoms with Crippen LogP contribution in [0.3, 0.4) is 0 Å². The molecule has 2 N–H and O–H groups in total. The zero-order valence-electron chi connectivity index (χ0n) is 10.2. The van der Waals surface area contributed by atoms with E-state index < -0.39 is 0 Å². The Balaban J connectivity index is 1.95. The molecule has 0 radical (unpaired) electrons. The minimum Gasteiger partial charge on any atom is -0.397 e. The van der Waals surface area contributed by atoms with Crippen LogP contribution in [0.5, 0.6) is 0 Å². The van der Waals surface area contributed by atoms with Gasteiger partial charge in [-0.15, -0.1) is 0 Å². The number of rotatable bonds is 3. The Bertz CT molecular complexity index is 349. The van der Waals surface area contributed by atoms with Gasteiger partial charge in [0.1, 0.15) is 0 Å². The number of hydrogen-bond donors (Lipinski definition) is 1. The standard InChI is InChI=1S/C13H21N3/c1-10(2)11-5-7-16(8-11)9-13-12(14)4-3-6-15-13/h3-4,6,10-11H,5,7-9,14H2,1-2H3. The molecule has 16 heavy (non-hydrogen) atoms. The summed E-state index contributed by atoms with van der Waals surface area (Å²) < 4.78 is 0. The normalized spacial score (nSPS) is 21.8. The van der Waals surface area contributed by atoms with Crippen LogP contribution in [-0.4, -0.2) is 23.0 Å². The van der Waals surface area contributed by atoms with Gasteiger partial charge in [-0.1, -0.05) is 13.8 Å². The highest BCUT2D eigenvalue weighted by atomic mass is 15.2. The molecule has 0 bridgehead atoms. The molecule has 0 aliphatic carbocycles. The summed E-state index contributed by atoms with van der Waals surface area (Å²) >= 11 is 0. The first-order valence-electron chi connectivity index (χ1n) is 6.08. The number of nitrogens with zero attached hydrogens (tertiary/aromatic N) is 2. The first kappa shape index (κ1) is 11.4. The number of nitrogens with two attached hydrogens (primary N) is 1. The number of anilines is 1. The Labute approximate surface area is 97.7 Å². The summed E-state index contributed by atoms with van der Waals surface area (Å²) in [7, 11) is 0. The molecule has 0 spiro atoms. The van der Waals surface area contributed by atoms with E-state index in [4.69, 9.17) is 5.73 Å². The SMILES string of the molecule is CC(C)C1CCN(Cc2ncccc2N)C1. The first-order valence-corrected chi connectivity index (χ1v) is 6.08. The second-order valence-corrected chi connectivity index (χ2v) is 5.07. The van der Waals surface area contributed by atoms with Gasteiger partial charge in [-0.3, -0.25) is 9.88 Å². The van der Waals surface area contributed by atoms with E-state index >= 15 is 0 Å². The number of pyridine rings is 1. The van der Waals surface area contributed by atoms with Crippen molar-refractivity contribution in [1.82, 2.24) is 9.88 Å². The molecule has 3 nitrogen and oxygen atoms in total. The van der Waals surface area contributed by atoms with Crippen molar-refractivity contribution in [1.29, 1.82) is 0 Å². The van der Waals surface area contributed by atoms with Gasteiger partial charge in [0.25, 0.3) is 0 Å². The third kappa shape index (κ3) is 2.53. The van der Waals surface area contributed by atoms with Crippen molar-refractivity contribution in [2.75, 3.05) is 18.8 Å². The first-order chi connectivity index (χ1) is 7.66. The molecule has 1 aliphatic rings. The van der Waals surface area contributed by atoms with Crippen molar-refractivity contribution in [3.05, 3.63) is 24.0 Å². The third-order valence-electron chi connectivity index (χ3n) is 3.55. The van der Waals surface area contributed by atoms with E-state index in [2.05, 4.69) is 23.7 Å². The monoisotopic (exact) mass is 219 g/mol. The molecule has 2 rings (SSSR count). The fraction of sp³-hybridized carbons (Fsp3) is 0.615. The van der Waals surface area contributed by atoms with Crippen molar-refractivity contribution in [3.63, 3.8) is 0 Å². The fourth-order valence-corrected chi connectivity index (χ4v) is 2.34. The lowest BCUT2D eigenvalue weighted by Crippen LogP contribution is -2.22. The van der Waals surface area contributed by atoms with Crippen molar-refractivity contribution in [3.8, 4) is 0 Å². The molecule has 1 aromatic rings. The minimum atomic E-state index is 0.783. The van der Waals surface area contributed by atoms with Crippen LogP contribution in [0.4, 0.5) is 5.69 Å². The average molecular weight is 219 g/mol. The van der Waals surface area contributed by atoms with E-state index in [0.717, 1.165) is 29.8 Å². The lowest BCUT2D eigenvalue weighted by molar-refractivity contribution is 0.294. The zero-order chi connectivity index (χ0) is 11.5. The Kier molecular flexibility index (Phi) is 3.44. The maximum Gasteiger partial charge on any atom is 0.0772 e. The fourth-order valence-electron chi connectivity index (χ4n) is 2.34. The third-order valence-corrected chi connectivity index (χ3v) is 3.55. The summed E-state index contributed by atoms with van der Waals surface area (Å²) in [5.74, 6) is 1.62. The van der Waals surface area contributed by atoms with E-state index in [-0.39, 0.29) is 0 Å². The maximum absolute atomic E-state index is 5.90. The van der Waals surface area contributed by atoms with Gasteiger partial charge >= 0.3 is 0 Å². The molecule has 1 aromatic heterocycles. The van der Waals surface area contributed by atoms with Crippen molar-refractivity contribution in [2.45, 2.75) is 26.8 Å². The molecule has 0 saturated carbocycles. The van der Waals surface area contributed by atoms with Crippen LogP contribution in [-0.2, 0) is 6.54 Å². The van der Waals surface area contributed by atoms with Gasteiger partial charge in [-0.25, -0.2) is 0 Å². The summed E-state index contributed by atoms with van der Waals surface area (Å²) in [5.41, 5.74) is 7.74. The lowest BCUT2D eigenvalue weighted by Gasteiger charge is -2.18. The van der Waals surface area contributed by atoms with Crippen LogP contribution in [0.25, 0.3) is 0 Å². The maximum atomic E-state index is 5.90. The predicted octanol–water partition coefficient (Wildman–Crippen LogP) is 2.14. The van der Waals surface area contributed by atoms with Crippen LogP contribution in [0.2, 0.25) is 0 Å². The molecule has 2 heterocycles. The summed E-state index contributed by atoms with van der Waals surface area (Å²) in [4.78, 5) is 6.81. The van der Waals surface area contributed by atoms with Crippen LogP contribution in [0, 0.1) is 11.8 Å². The molecule has 0 amide bonds. The van der Waals surface area contributed by atoms with Gasteiger partial charge in [-0.2, -0.15) is 0 Å². The molecule has 1 unspecified atom stereocenters. The molecule has 88 valence electrons. The van der Waals surface area contributed by atoms with Crippen molar-refractivity contribution in [2.24, 2.45) is 11.8 Å². The molecular formula is C13H21N3. The topological polar surface area (TPSA) is 42.2 Å². The van der Waals surface area contributed by atoms with Crippen LogP contribution >= 0.6 is 0 Å². The van der Waals surface area contributed by atoms with Crippen molar-refractivity contribution < 1.29 is 0 Å². The van der Waals surface area contributed by atoms with Gasteiger partial charge in [-0.05, 0) is 36.9 Å². The van der Waals surface area contributed by atoms with Crippen LogP contribution in [0.1, 0.15) is 26.0 Å². The Morgan fingerprint density at radius 3 is 3.00 bits per heavy atom. The van der Waals surface area contributed by atoms with Gasteiger partial charge in [0, 0.05) is 19.3 Å². The molecule has 1 atom stereocenters. The molecular weight excluding hydrogens is 198 g/mol. The number of aromatic nitrogens is 1. The van der Waals surface area contributed by atoms with Crippen LogP contribution in [0.15, 0.2) is 18.3 Å². The second-order valence-electron chi connectivity index (χ2n) is 5.07. The van der Waals surface area contributed by atoms with Gasteiger partial charge in [0.2, 0.25) is 0 Å².